The number of nitrogens with one attached hydrogen (secondary N) is 3. The molecule has 0 aliphatic rings. The Hall–Kier alpha value is -3.69. The molecule has 0 unspecified atom stereocenters. The minimum Gasteiger partial charge on any atom is -0.497 e. The maximum Gasteiger partial charge on any atom is 0.416 e. The average molecular weight is 407 g/mol. The molecule has 0 saturated heterocycles. The monoisotopic (exact) mass is 407 g/mol. The first-order valence-corrected chi connectivity index (χ1v) is 8.25. The van der Waals surface area contributed by atoms with Gasteiger partial charge in [0.05, 0.1) is 25.3 Å². The standard InChI is InChI=1S/C19H16F3N3O4/c1-28-12-7-14-13(16(8-12)29-2)9-15(23-14)18(27)25-24-17(26)10-4-3-5-11(6-10)19(20,21)22/h3-9,23H,1-2H3,(H,24,26)(H,25,27). The number of hydrogen-bond acceptors (Lipinski definition) is 4. The number of hydrogen-bond donors (Lipinski definition) is 3. The third-order valence-electron chi connectivity index (χ3n) is 4.12. The van der Waals surface area contributed by atoms with E-state index in [4.69, 9.17) is 9.47 Å². The number of aromatic amines is 1. The molecule has 7 nitrogen and oxygen atoms in total. The van der Waals surface area contributed by atoms with Crippen LogP contribution in [0.2, 0.25) is 0 Å². The van der Waals surface area contributed by atoms with Crippen molar-refractivity contribution in [3.8, 4) is 11.5 Å². The molecule has 0 fully saturated rings. The summed E-state index contributed by atoms with van der Waals surface area (Å²) in [4.78, 5) is 27.3. The molecule has 0 aliphatic heterocycles. The molecule has 3 rings (SSSR count). The number of aromatic nitrogens is 1. The predicted molar refractivity (Wildman–Crippen MR) is 97.8 cm³/mol. The highest BCUT2D eigenvalue weighted by Gasteiger charge is 2.31. The van der Waals surface area contributed by atoms with Crippen LogP contribution in [-0.4, -0.2) is 31.0 Å². The minimum atomic E-state index is -4.58. The molecule has 2 aromatic carbocycles. The van der Waals surface area contributed by atoms with Gasteiger partial charge in [0.1, 0.15) is 17.2 Å². The number of benzene rings is 2. The molecule has 10 heteroatoms. The molecule has 1 aromatic heterocycles. The normalized spacial score (nSPS) is 11.2. The van der Waals surface area contributed by atoms with E-state index in [0.717, 1.165) is 12.1 Å². The molecular weight excluding hydrogens is 391 g/mol. The molecule has 0 aliphatic carbocycles. The van der Waals surface area contributed by atoms with Crippen LogP contribution in [0.3, 0.4) is 0 Å². The van der Waals surface area contributed by atoms with Crippen LogP contribution in [0.15, 0.2) is 42.5 Å². The molecule has 0 radical (unpaired) electrons. The van der Waals surface area contributed by atoms with Gasteiger partial charge in [0.25, 0.3) is 11.8 Å². The van der Waals surface area contributed by atoms with Gasteiger partial charge in [-0.25, -0.2) is 0 Å². The van der Waals surface area contributed by atoms with Crippen LogP contribution in [0.1, 0.15) is 26.4 Å². The van der Waals surface area contributed by atoms with Gasteiger partial charge >= 0.3 is 6.18 Å². The molecule has 3 aromatic rings. The Kier molecular flexibility index (Phi) is 5.35. The Bertz CT molecular complexity index is 1080. The molecular formula is C19H16F3N3O4. The zero-order valence-corrected chi connectivity index (χ0v) is 15.3. The SMILES string of the molecule is COc1cc(OC)c2cc(C(=O)NNC(=O)c3cccc(C(F)(F)F)c3)[nH]c2c1. The summed E-state index contributed by atoms with van der Waals surface area (Å²) in [6.07, 6.45) is -4.58. The second-order valence-electron chi connectivity index (χ2n) is 5.96. The highest BCUT2D eigenvalue weighted by atomic mass is 19.4. The van der Waals surface area contributed by atoms with Crippen LogP contribution in [0.5, 0.6) is 11.5 Å². The van der Waals surface area contributed by atoms with Gasteiger partial charge in [0.2, 0.25) is 0 Å². The van der Waals surface area contributed by atoms with Crippen LogP contribution in [-0.2, 0) is 6.18 Å². The Morgan fingerprint density at radius 3 is 2.34 bits per heavy atom. The third-order valence-corrected chi connectivity index (χ3v) is 4.12. The van der Waals surface area contributed by atoms with Crippen molar-refractivity contribution in [3.63, 3.8) is 0 Å². The largest absolute Gasteiger partial charge is 0.497 e. The van der Waals surface area contributed by atoms with Crippen molar-refractivity contribution in [1.29, 1.82) is 0 Å². The summed E-state index contributed by atoms with van der Waals surface area (Å²) in [7, 11) is 2.96. The summed E-state index contributed by atoms with van der Waals surface area (Å²) in [5.41, 5.74) is 3.71. The smallest absolute Gasteiger partial charge is 0.416 e. The molecule has 0 spiro atoms. The zero-order valence-electron chi connectivity index (χ0n) is 15.3. The van der Waals surface area contributed by atoms with Crippen molar-refractivity contribution in [3.05, 3.63) is 59.3 Å². The molecule has 29 heavy (non-hydrogen) atoms. The Morgan fingerprint density at radius 2 is 1.69 bits per heavy atom. The lowest BCUT2D eigenvalue weighted by molar-refractivity contribution is -0.137. The number of methoxy groups -OCH3 is 2. The first kappa shape index (κ1) is 20.1. The van der Waals surface area contributed by atoms with E-state index in [1.807, 2.05) is 0 Å². The van der Waals surface area contributed by atoms with Crippen molar-refractivity contribution in [2.24, 2.45) is 0 Å². The molecule has 0 saturated carbocycles. The highest BCUT2D eigenvalue weighted by Crippen LogP contribution is 2.31. The highest BCUT2D eigenvalue weighted by molar-refractivity contribution is 6.02. The third kappa shape index (κ3) is 4.26. The Morgan fingerprint density at radius 1 is 0.966 bits per heavy atom. The van der Waals surface area contributed by atoms with Gasteiger partial charge in [-0.15, -0.1) is 0 Å². The quantitative estimate of drug-likeness (QED) is 0.579. The molecule has 152 valence electrons. The van der Waals surface area contributed by atoms with E-state index in [9.17, 15) is 22.8 Å². The van der Waals surface area contributed by atoms with Crippen LogP contribution in [0.4, 0.5) is 13.2 Å². The van der Waals surface area contributed by atoms with Crippen molar-refractivity contribution in [2.45, 2.75) is 6.18 Å². The van der Waals surface area contributed by atoms with E-state index in [0.29, 0.717) is 28.5 Å². The summed E-state index contributed by atoms with van der Waals surface area (Å²) in [6, 6.07) is 8.68. The fourth-order valence-electron chi connectivity index (χ4n) is 2.68. The van der Waals surface area contributed by atoms with Gasteiger partial charge in [0.15, 0.2) is 0 Å². The van der Waals surface area contributed by atoms with Crippen LogP contribution in [0.25, 0.3) is 10.9 Å². The van der Waals surface area contributed by atoms with Crippen molar-refractivity contribution < 1.29 is 32.2 Å². The number of amides is 2. The summed E-state index contributed by atoms with van der Waals surface area (Å²) in [5, 5.41) is 0.614. The second kappa shape index (κ2) is 7.74. The van der Waals surface area contributed by atoms with Gasteiger partial charge < -0.3 is 14.5 Å². The number of carbonyl (C=O) groups is 2. The minimum absolute atomic E-state index is 0.107. The predicted octanol–water partition coefficient (Wildman–Crippen LogP) is 3.28. The van der Waals surface area contributed by atoms with E-state index >= 15 is 0 Å². The first-order valence-electron chi connectivity index (χ1n) is 8.25. The van der Waals surface area contributed by atoms with Gasteiger partial charge in [-0.2, -0.15) is 13.2 Å². The summed E-state index contributed by atoms with van der Waals surface area (Å²) >= 11 is 0. The maximum atomic E-state index is 12.8. The fourth-order valence-corrected chi connectivity index (χ4v) is 2.68. The lowest BCUT2D eigenvalue weighted by Crippen LogP contribution is -2.41. The van der Waals surface area contributed by atoms with Crippen LogP contribution in [0, 0.1) is 0 Å². The van der Waals surface area contributed by atoms with Gasteiger partial charge in [-0.05, 0) is 24.3 Å². The maximum absolute atomic E-state index is 12.8. The zero-order chi connectivity index (χ0) is 21.2. The number of halogens is 3. The summed E-state index contributed by atoms with van der Waals surface area (Å²) in [5.74, 6) is -0.592. The molecule has 1 heterocycles. The molecule has 3 N–H and O–H groups in total. The number of carbonyl (C=O) groups excluding carboxylic acids is 2. The average Bonchev–Trinajstić information content (AvgIpc) is 3.14. The number of H-pyrrole nitrogens is 1. The van der Waals surface area contributed by atoms with Crippen LogP contribution >= 0.6 is 0 Å². The van der Waals surface area contributed by atoms with E-state index in [-0.39, 0.29) is 11.3 Å². The van der Waals surface area contributed by atoms with Crippen molar-refractivity contribution in [2.75, 3.05) is 14.2 Å². The number of hydrazine groups is 1. The Labute approximate surface area is 162 Å². The number of fused-ring (bicyclic) bond motifs is 1. The first-order chi connectivity index (χ1) is 13.7. The van der Waals surface area contributed by atoms with Crippen LogP contribution < -0.4 is 20.3 Å². The topological polar surface area (TPSA) is 92.4 Å². The number of rotatable bonds is 4. The number of alkyl halides is 3. The van der Waals surface area contributed by atoms with Gasteiger partial charge in [-0.3, -0.25) is 20.4 Å². The molecule has 0 atom stereocenters. The van der Waals surface area contributed by atoms with E-state index in [2.05, 4.69) is 15.8 Å². The Balaban J connectivity index is 1.75. The summed E-state index contributed by atoms with van der Waals surface area (Å²) < 4.78 is 48.7. The number of ether oxygens (including phenoxy) is 2. The van der Waals surface area contributed by atoms with Crippen molar-refractivity contribution >= 4 is 22.7 Å². The summed E-state index contributed by atoms with van der Waals surface area (Å²) in [6.45, 7) is 0. The van der Waals surface area contributed by atoms with E-state index in [1.54, 1.807) is 12.1 Å². The van der Waals surface area contributed by atoms with Gasteiger partial charge in [0, 0.05) is 23.1 Å². The molecule has 2 amide bonds. The molecule has 0 bridgehead atoms. The lowest BCUT2D eigenvalue weighted by atomic mass is 10.1. The fraction of sp³-hybridized carbons (Fsp3) is 0.158. The van der Waals surface area contributed by atoms with Crippen molar-refractivity contribution in [1.82, 2.24) is 15.8 Å². The van der Waals surface area contributed by atoms with Gasteiger partial charge in [-0.1, -0.05) is 6.07 Å². The second-order valence-corrected chi connectivity index (χ2v) is 5.96. The van der Waals surface area contributed by atoms with E-state index in [1.165, 1.54) is 26.4 Å². The lowest BCUT2D eigenvalue weighted by Gasteiger charge is -2.09. The van der Waals surface area contributed by atoms with E-state index < -0.39 is 23.6 Å².